The van der Waals surface area contributed by atoms with Crippen molar-refractivity contribution in [1.29, 1.82) is 0 Å². The Morgan fingerprint density at radius 2 is 2.18 bits per heavy atom. The number of ether oxygens (including phenoxy) is 2. The number of anilines is 2. The van der Waals surface area contributed by atoms with E-state index in [0.717, 1.165) is 11.4 Å². The average Bonchev–Trinajstić information content (AvgIpc) is 2.52. The number of aliphatic hydroxyl groups excluding tert-OH is 1. The van der Waals surface area contributed by atoms with E-state index in [1.54, 1.807) is 4.90 Å². The van der Waals surface area contributed by atoms with Gasteiger partial charge in [-0.2, -0.15) is 0 Å². The van der Waals surface area contributed by atoms with Crippen molar-refractivity contribution >= 4 is 23.3 Å². The van der Waals surface area contributed by atoms with Crippen LogP contribution in [0.15, 0.2) is 24.3 Å². The van der Waals surface area contributed by atoms with Crippen LogP contribution < -0.4 is 10.2 Å². The quantitative estimate of drug-likeness (QED) is 0.739. The summed E-state index contributed by atoms with van der Waals surface area (Å²) in [7, 11) is 0. The number of rotatable bonds is 6. The zero-order valence-corrected chi connectivity index (χ0v) is 12.4. The van der Waals surface area contributed by atoms with Gasteiger partial charge in [0.05, 0.1) is 19.8 Å². The number of nitrogens with one attached hydrogen (secondary N) is 1. The zero-order valence-electron chi connectivity index (χ0n) is 12.4. The van der Waals surface area contributed by atoms with Gasteiger partial charge in [-0.15, -0.1) is 0 Å². The molecule has 0 spiro atoms. The largest absolute Gasteiger partial charge is 0.458 e. The van der Waals surface area contributed by atoms with Crippen molar-refractivity contribution in [2.75, 3.05) is 43.1 Å². The van der Waals surface area contributed by atoms with Gasteiger partial charge in [0.15, 0.2) is 0 Å². The topological polar surface area (TPSA) is 88.1 Å². The number of nitrogens with zero attached hydrogens (tertiary/aromatic N) is 1. The molecule has 7 heteroatoms. The Labute approximate surface area is 128 Å². The van der Waals surface area contributed by atoms with Crippen LogP contribution in [0.4, 0.5) is 11.4 Å². The van der Waals surface area contributed by atoms with E-state index in [1.807, 2.05) is 24.3 Å². The maximum absolute atomic E-state index is 11.7. The summed E-state index contributed by atoms with van der Waals surface area (Å²) in [5, 5.41) is 12.2. The van der Waals surface area contributed by atoms with Gasteiger partial charge in [0.2, 0.25) is 0 Å². The maximum atomic E-state index is 11.7. The summed E-state index contributed by atoms with van der Waals surface area (Å²) >= 11 is 0. The fourth-order valence-electron chi connectivity index (χ4n) is 2.16. The Morgan fingerprint density at radius 1 is 1.45 bits per heavy atom. The Kier molecular flexibility index (Phi) is 5.74. The third-order valence-corrected chi connectivity index (χ3v) is 3.23. The molecule has 22 heavy (non-hydrogen) atoms. The molecule has 1 fully saturated rings. The summed E-state index contributed by atoms with van der Waals surface area (Å²) in [5.74, 6) is -0.482. The highest BCUT2D eigenvalue weighted by Gasteiger charge is 2.19. The average molecular weight is 308 g/mol. The second kappa shape index (κ2) is 7.77. The minimum Gasteiger partial charge on any atom is -0.458 e. The van der Waals surface area contributed by atoms with E-state index in [9.17, 15) is 9.59 Å². The minimum absolute atomic E-state index is 0.0536. The van der Waals surface area contributed by atoms with Crippen molar-refractivity contribution in [2.24, 2.45) is 0 Å². The summed E-state index contributed by atoms with van der Waals surface area (Å²) in [4.78, 5) is 24.3. The van der Waals surface area contributed by atoms with Gasteiger partial charge in [0.1, 0.15) is 12.7 Å². The van der Waals surface area contributed by atoms with Crippen LogP contribution in [0, 0.1) is 0 Å². The Bertz CT molecular complexity index is 517. The van der Waals surface area contributed by atoms with E-state index in [4.69, 9.17) is 14.6 Å². The first kappa shape index (κ1) is 16.3. The lowest BCUT2D eigenvalue weighted by Gasteiger charge is -2.27. The van der Waals surface area contributed by atoms with E-state index in [1.165, 1.54) is 6.92 Å². The molecule has 2 rings (SSSR count). The molecular weight excluding hydrogens is 288 g/mol. The second-order valence-electron chi connectivity index (χ2n) is 4.94. The summed E-state index contributed by atoms with van der Waals surface area (Å²) in [6.45, 7) is 2.56. The van der Waals surface area contributed by atoms with Crippen molar-refractivity contribution in [1.82, 2.24) is 0 Å². The number of aliphatic hydroxyl groups is 1. The predicted octanol–water partition coefficient (Wildman–Crippen LogP) is 0.386. The predicted molar refractivity (Wildman–Crippen MR) is 80.7 cm³/mol. The van der Waals surface area contributed by atoms with Crippen molar-refractivity contribution in [3.05, 3.63) is 24.3 Å². The molecule has 0 radical (unpaired) electrons. The SMILES string of the molecule is CC(=O)O[C@@H](CO)CNc1ccc(N2CCOCC2=O)cc1. The number of morpholine rings is 1. The summed E-state index contributed by atoms with van der Waals surface area (Å²) in [6, 6.07) is 7.34. The van der Waals surface area contributed by atoms with Crippen molar-refractivity contribution in [3.8, 4) is 0 Å². The van der Waals surface area contributed by atoms with Crippen LogP contribution in [0.5, 0.6) is 0 Å². The van der Waals surface area contributed by atoms with Gasteiger partial charge in [-0.3, -0.25) is 9.59 Å². The van der Waals surface area contributed by atoms with E-state index >= 15 is 0 Å². The van der Waals surface area contributed by atoms with Crippen LogP contribution in [0.25, 0.3) is 0 Å². The van der Waals surface area contributed by atoms with Crippen LogP contribution in [0.1, 0.15) is 6.92 Å². The number of amides is 1. The molecule has 0 aromatic heterocycles. The molecule has 2 N–H and O–H groups in total. The smallest absolute Gasteiger partial charge is 0.303 e. The number of carbonyl (C=O) groups is 2. The lowest BCUT2D eigenvalue weighted by Crippen LogP contribution is -2.41. The van der Waals surface area contributed by atoms with Gasteiger partial charge in [-0.05, 0) is 24.3 Å². The molecule has 7 nitrogen and oxygen atoms in total. The highest BCUT2D eigenvalue weighted by Crippen LogP contribution is 2.19. The highest BCUT2D eigenvalue weighted by molar-refractivity contribution is 5.94. The highest BCUT2D eigenvalue weighted by atomic mass is 16.5. The summed E-state index contributed by atoms with van der Waals surface area (Å²) < 4.78 is 10.0. The van der Waals surface area contributed by atoms with Gasteiger partial charge < -0.3 is 24.8 Å². The molecule has 1 aromatic rings. The van der Waals surface area contributed by atoms with Crippen LogP contribution in [0.3, 0.4) is 0 Å². The Morgan fingerprint density at radius 3 is 2.77 bits per heavy atom. The van der Waals surface area contributed by atoms with Crippen LogP contribution in [-0.2, 0) is 19.1 Å². The van der Waals surface area contributed by atoms with Crippen molar-refractivity contribution < 1.29 is 24.2 Å². The standard InChI is InChI=1S/C15H20N2O5/c1-11(19)22-14(9-18)8-16-12-2-4-13(5-3-12)17-6-7-21-10-15(17)20/h2-5,14,16,18H,6-10H2,1H3/t14-/m1/s1. The van der Waals surface area contributed by atoms with Crippen LogP contribution in [0.2, 0.25) is 0 Å². The molecule has 1 saturated heterocycles. The lowest BCUT2D eigenvalue weighted by molar-refractivity contribution is -0.147. The number of hydrogen-bond donors (Lipinski definition) is 2. The number of carbonyl (C=O) groups excluding carboxylic acids is 2. The van der Waals surface area contributed by atoms with Crippen molar-refractivity contribution in [3.63, 3.8) is 0 Å². The van der Waals surface area contributed by atoms with Gasteiger partial charge >= 0.3 is 5.97 Å². The third-order valence-electron chi connectivity index (χ3n) is 3.23. The third kappa shape index (κ3) is 4.44. The molecule has 0 bridgehead atoms. The molecule has 0 aliphatic carbocycles. The van der Waals surface area contributed by atoms with Gasteiger partial charge in [-0.25, -0.2) is 0 Å². The Hall–Kier alpha value is -2.12. The monoisotopic (exact) mass is 308 g/mol. The molecule has 1 heterocycles. The van der Waals surface area contributed by atoms with E-state index in [0.29, 0.717) is 19.7 Å². The van der Waals surface area contributed by atoms with Gasteiger partial charge in [-0.1, -0.05) is 0 Å². The molecule has 1 atom stereocenters. The first-order valence-corrected chi connectivity index (χ1v) is 7.10. The molecular formula is C15H20N2O5. The molecule has 1 amide bonds. The van der Waals surface area contributed by atoms with Gasteiger partial charge in [0.25, 0.3) is 5.91 Å². The first-order chi connectivity index (χ1) is 10.6. The van der Waals surface area contributed by atoms with Gasteiger partial charge in [0, 0.05) is 24.8 Å². The fraction of sp³-hybridized carbons (Fsp3) is 0.467. The molecule has 1 aliphatic rings. The normalized spacial score (nSPS) is 16.3. The second-order valence-corrected chi connectivity index (χ2v) is 4.94. The van der Waals surface area contributed by atoms with E-state index in [2.05, 4.69) is 5.32 Å². The zero-order chi connectivity index (χ0) is 15.9. The van der Waals surface area contributed by atoms with Crippen molar-refractivity contribution in [2.45, 2.75) is 13.0 Å². The maximum Gasteiger partial charge on any atom is 0.303 e. The molecule has 1 aromatic carbocycles. The van der Waals surface area contributed by atoms with Crippen LogP contribution >= 0.6 is 0 Å². The minimum atomic E-state index is -0.585. The summed E-state index contributed by atoms with van der Waals surface area (Å²) in [6.07, 6.45) is -0.585. The lowest BCUT2D eigenvalue weighted by atomic mass is 10.2. The molecule has 1 aliphatic heterocycles. The fourth-order valence-corrected chi connectivity index (χ4v) is 2.16. The first-order valence-electron chi connectivity index (χ1n) is 7.10. The molecule has 120 valence electrons. The van der Waals surface area contributed by atoms with E-state index < -0.39 is 12.1 Å². The molecule has 0 unspecified atom stereocenters. The Balaban J connectivity index is 1.91. The summed E-state index contributed by atoms with van der Waals surface area (Å²) in [5.41, 5.74) is 1.63. The van der Waals surface area contributed by atoms with Crippen LogP contribution in [-0.4, -0.2) is 56.0 Å². The number of hydrogen-bond acceptors (Lipinski definition) is 6. The number of benzene rings is 1. The van der Waals surface area contributed by atoms with E-state index in [-0.39, 0.29) is 19.1 Å². The number of esters is 1. The molecule has 0 saturated carbocycles.